The number of oxime groups is 1. The van der Waals surface area contributed by atoms with Crippen molar-refractivity contribution >= 4 is 27.3 Å². The van der Waals surface area contributed by atoms with Crippen LogP contribution in [0, 0.1) is 0 Å². The van der Waals surface area contributed by atoms with Gasteiger partial charge in [-0.2, -0.15) is 4.31 Å². The number of anilines is 1. The van der Waals surface area contributed by atoms with Gasteiger partial charge in [0.25, 0.3) is 5.91 Å². The van der Waals surface area contributed by atoms with Gasteiger partial charge in [0.05, 0.1) is 23.8 Å². The fourth-order valence-corrected chi connectivity index (χ4v) is 4.76. The van der Waals surface area contributed by atoms with Crippen molar-refractivity contribution < 1.29 is 32.3 Å². The van der Waals surface area contributed by atoms with E-state index in [-0.39, 0.29) is 11.5 Å². The summed E-state index contributed by atoms with van der Waals surface area (Å²) in [5.41, 5.74) is 1.83. The summed E-state index contributed by atoms with van der Waals surface area (Å²) in [6.45, 7) is 3.88. The molecule has 1 saturated heterocycles. The van der Waals surface area contributed by atoms with Crippen LogP contribution in [0.25, 0.3) is 0 Å². The molecule has 2 aliphatic rings. The minimum absolute atomic E-state index is 0.165. The molecule has 2 aliphatic heterocycles. The lowest BCUT2D eigenvalue weighted by Gasteiger charge is -2.26. The van der Waals surface area contributed by atoms with Crippen molar-refractivity contribution in [1.82, 2.24) is 4.31 Å². The highest BCUT2D eigenvalue weighted by Crippen LogP contribution is 2.31. The summed E-state index contributed by atoms with van der Waals surface area (Å²) in [4.78, 5) is 17.5. The van der Waals surface area contributed by atoms with Gasteiger partial charge in [-0.15, -0.1) is 0 Å². The second-order valence-electron chi connectivity index (χ2n) is 7.40. The number of ether oxygens (including phenoxy) is 3. The molecule has 1 fully saturated rings. The van der Waals surface area contributed by atoms with Crippen LogP contribution in [0.5, 0.6) is 11.5 Å². The highest BCUT2D eigenvalue weighted by atomic mass is 32.2. The van der Waals surface area contributed by atoms with Gasteiger partial charge in [-0.1, -0.05) is 5.16 Å². The highest BCUT2D eigenvalue weighted by Gasteiger charge is 2.26. The molecule has 2 aromatic carbocycles. The van der Waals surface area contributed by atoms with Crippen LogP contribution in [-0.2, 0) is 24.4 Å². The third-order valence-corrected chi connectivity index (χ3v) is 7.02. The molecule has 176 valence electrons. The molecule has 0 aromatic heterocycles. The van der Waals surface area contributed by atoms with Crippen molar-refractivity contribution in [2.75, 3.05) is 51.4 Å². The molecule has 0 spiro atoms. The summed E-state index contributed by atoms with van der Waals surface area (Å²) in [5.74, 6) is 0.907. The molecule has 0 atom stereocenters. The molecule has 0 aliphatic carbocycles. The van der Waals surface area contributed by atoms with Crippen LogP contribution in [0.3, 0.4) is 0 Å². The topological polar surface area (TPSA) is 116 Å². The van der Waals surface area contributed by atoms with Gasteiger partial charge >= 0.3 is 0 Å². The number of morpholine rings is 1. The monoisotopic (exact) mass is 475 g/mol. The Kier molecular flexibility index (Phi) is 7.11. The van der Waals surface area contributed by atoms with Gasteiger partial charge in [0.2, 0.25) is 10.0 Å². The van der Waals surface area contributed by atoms with E-state index < -0.39 is 15.9 Å². The average Bonchev–Trinajstić information content (AvgIpc) is 2.84. The Morgan fingerprint density at radius 1 is 1.03 bits per heavy atom. The second-order valence-corrected chi connectivity index (χ2v) is 9.34. The number of nitrogens with zero attached hydrogens (tertiary/aromatic N) is 2. The molecule has 0 bridgehead atoms. The first-order valence-electron chi connectivity index (χ1n) is 10.5. The number of sulfonamides is 1. The van der Waals surface area contributed by atoms with Crippen LogP contribution < -0.4 is 14.8 Å². The molecular weight excluding hydrogens is 450 g/mol. The summed E-state index contributed by atoms with van der Waals surface area (Å²) in [6, 6.07) is 11.4. The van der Waals surface area contributed by atoms with Gasteiger partial charge in [-0.05, 0) is 49.4 Å². The largest absolute Gasteiger partial charge is 0.486 e. The Balaban J connectivity index is 1.30. The third-order valence-electron chi connectivity index (χ3n) is 5.10. The van der Waals surface area contributed by atoms with E-state index in [4.69, 9.17) is 19.0 Å². The molecule has 11 heteroatoms. The van der Waals surface area contributed by atoms with E-state index in [2.05, 4.69) is 10.5 Å². The molecule has 1 amide bonds. The van der Waals surface area contributed by atoms with Crippen LogP contribution in [0.15, 0.2) is 52.5 Å². The van der Waals surface area contributed by atoms with Crippen molar-refractivity contribution in [2.45, 2.75) is 11.8 Å². The van der Waals surface area contributed by atoms with E-state index in [1.807, 2.05) is 12.1 Å². The van der Waals surface area contributed by atoms with E-state index in [1.54, 1.807) is 13.0 Å². The first-order chi connectivity index (χ1) is 15.9. The van der Waals surface area contributed by atoms with Gasteiger partial charge in [0.15, 0.2) is 18.1 Å². The Hall–Kier alpha value is -3.15. The fourth-order valence-electron chi connectivity index (χ4n) is 3.35. The number of amides is 1. The van der Waals surface area contributed by atoms with Crippen molar-refractivity contribution in [3.05, 3.63) is 48.0 Å². The summed E-state index contributed by atoms with van der Waals surface area (Å²) < 4.78 is 43.0. The number of carbonyl (C=O) groups excluding carboxylic acids is 1. The highest BCUT2D eigenvalue weighted by molar-refractivity contribution is 7.89. The molecule has 33 heavy (non-hydrogen) atoms. The van der Waals surface area contributed by atoms with Gasteiger partial charge < -0.3 is 24.4 Å². The van der Waals surface area contributed by atoms with Crippen molar-refractivity contribution in [1.29, 1.82) is 0 Å². The Morgan fingerprint density at radius 3 is 2.45 bits per heavy atom. The number of hydrogen-bond donors (Lipinski definition) is 1. The minimum Gasteiger partial charge on any atom is -0.486 e. The molecule has 0 saturated carbocycles. The van der Waals surface area contributed by atoms with E-state index in [0.717, 1.165) is 5.56 Å². The standard InChI is InChI=1S/C22H25N3O7S/c1-16(17-2-7-20-21(14-17)31-13-12-30-20)24-32-15-22(26)23-18-3-5-19(6-4-18)33(27,28)25-8-10-29-11-9-25/h2-7,14H,8-13,15H2,1H3,(H,23,26)/b24-16+. The van der Waals surface area contributed by atoms with E-state index >= 15 is 0 Å². The smallest absolute Gasteiger partial charge is 0.265 e. The maximum atomic E-state index is 12.7. The third kappa shape index (κ3) is 5.62. The fraction of sp³-hybridized carbons (Fsp3) is 0.364. The SMILES string of the molecule is C/C(=N\OCC(=O)Nc1ccc(S(=O)(=O)N2CCOCC2)cc1)c1ccc2c(c1)OCCO2. The number of benzene rings is 2. The predicted molar refractivity (Wildman–Crippen MR) is 120 cm³/mol. The van der Waals surface area contributed by atoms with E-state index in [0.29, 0.717) is 62.4 Å². The van der Waals surface area contributed by atoms with Crippen molar-refractivity contribution in [3.63, 3.8) is 0 Å². The van der Waals surface area contributed by atoms with Crippen LogP contribution in [-0.4, -0.2) is 70.5 Å². The molecule has 2 aromatic rings. The quantitative estimate of drug-likeness (QED) is 0.480. The zero-order chi connectivity index (χ0) is 23.3. The van der Waals surface area contributed by atoms with Gasteiger partial charge in [-0.25, -0.2) is 8.42 Å². The maximum Gasteiger partial charge on any atom is 0.265 e. The normalized spacial score (nSPS) is 16.8. The van der Waals surface area contributed by atoms with Crippen LogP contribution >= 0.6 is 0 Å². The number of fused-ring (bicyclic) bond motifs is 1. The lowest BCUT2D eigenvalue weighted by Crippen LogP contribution is -2.40. The molecular formula is C22H25N3O7S. The minimum atomic E-state index is -3.58. The van der Waals surface area contributed by atoms with E-state index in [9.17, 15) is 13.2 Å². The van der Waals surface area contributed by atoms with Crippen molar-refractivity contribution in [2.24, 2.45) is 5.16 Å². The van der Waals surface area contributed by atoms with Gasteiger partial charge in [-0.3, -0.25) is 4.79 Å². The summed E-state index contributed by atoms with van der Waals surface area (Å²) in [5, 5.41) is 6.64. The summed E-state index contributed by atoms with van der Waals surface area (Å²) >= 11 is 0. The molecule has 10 nitrogen and oxygen atoms in total. The average molecular weight is 476 g/mol. The molecule has 2 heterocycles. The van der Waals surface area contributed by atoms with E-state index in [1.165, 1.54) is 28.6 Å². The lowest BCUT2D eigenvalue weighted by molar-refractivity contribution is -0.120. The molecule has 4 rings (SSSR count). The lowest BCUT2D eigenvalue weighted by atomic mass is 10.1. The number of hydrogen-bond acceptors (Lipinski definition) is 8. The predicted octanol–water partition coefficient (Wildman–Crippen LogP) is 1.86. The summed E-state index contributed by atoms with van der Waals surface area (Å²) in [6.07, 6.45) is 0. The number of rotatable bonds is 7. The van der Waals surface area contributed by atoms with Crippen LogP contribution in [0.4, 0.5) is 5.69 Å². The van der Waals surface area contributed by atoms with Crippen LogP contribution in [0.2, 0.25) is 0 Å². The zero-order valence-corrected chi connectivity index (χ0v) is 19.0. The summed E-state index contributed by atoms with van der Waals surface area (Å²) in [7, 11) is -3.58. The number of nitrogens with one attached hydrogen (secondary N) is 1. The van der Waals surface area contributed by atoms with Gasteiger partial charge in [0, 0.05) is 24.3 Å². The molecule has 1 N–H and O–H groups in total. The Labute approximate surface area is 192 Å². The first-order valence-corrected chi connectivity index (χ1v) is 11.9. The molecule has 0 unspecified atom stereocenters. The molecule has 0 radical (unpaired) electrons. The first kappa shape index (κ1) is 23.0. The number of carbonyl (C=O) groups is 1. The Bertz CT molecular complexity index is 1130. The van der Waals surface area contributed by atoms with Gasteiger partial charge in [0.1, 0.15) is 13.2 Å². The Morgan fingerprint density at radius 2 is 1.73 bits per heavy atom. The second kappa shape index (κ2) is 10.2. The maximum absolute atomic E-state index is 12.7. The van der Waals surface area contributed by atoms with Crippen molar-refractivity contribution in [3.8, 4) is 11.5 Å². The van der Waals surface area contributed by atoms with Crippen LogP contribution in [0.1, 0.15) is 12.5 Å². The zero-order valence-electron chi connectivity index (χ0n) is 18.2.